The van der Waals surface area contributed by atoms with Crippen LogP contribution in [0.15, 0.2) is 103 Å². The van der Waals surface area contributed by atoms with Crippen LogP contribution in [-0.4, -0.2) is 0 Å². The highest BCUT2D eigenvalue weighted by molar-refractivity contribution is 5.77. The van der Waals surface area contributed by atoms with Gasteiger partial charge in [-0.2, -0.15) is 0 Å². The summed E-state index contributed by atoms with van der Waals surface area (Å²) in [7, 11) is 2.08. The SMILES string of the molecule is [2H]C12c3ccccc3C([2H])(c3ccccc31)c1cc(-c3cc[n+](C)c(-c4ccccc4C)c3)c(C)cc12. The Bertz CT molecular complexity index is 1700. The summed E-state index contributed by atoms with van der Waals surface area (Å²) in [6, 6.07) is 33.4. The van der Waals surface area contributed by atoms with Gasteiger partial charge in [0.15, 0.2) is 6.20 Å². The summed E-state index contributed by atoms with van der Waals surface area (Å²) in [6.45, 7) is 4.28. The van der Waals surface area contributed by atoms with E-state index >= 15 is 0 Å². The van der Waals surface area contributed by atoms with Crippen molar-refractivity contribution in [1.82, 2.24) is 0 Å². The fraction of sp³-hybridized carbons (Fsp3) is 0.147. The van der Waals surface area contributed by atoms with Gasteiger partial charge in [-0.25, -0.2) is 4.57 Å². The number of benzene rings is 4. The van der Waals surface area contributed by atoms with Gasteiger partial charge in [-0.15, -0.1) is 0 Å². The summed E-state index contributed by atoms with van der Waals surface area (Å²) in [5.41, 5.74) is 12.5. The molecule has 1 heterocycles. The molecule has 2 bridgehead atoms. The van der Waals surface area contributed by atoms with Crippen LogP contribution in [0, 0.1) is 13.8 Å². The number of rotatable bonds is 2. The second-order valence-electron chi connectivity index (χ2n) is 9.78. The Morgan fingerprint density at radius 3 is 1.71 bits per heavy atom. The molecular formula is C34H28N+. The first kappa shape index (κ1) is 18.4. The lowest BCUT2D eigenvalue weighted by atomic mass is 9.60. The molecule has 0 fully saturated rings. The van der Waals surface area contributed by atoms with Crippen molar-refractivity contribution in [3.8, 4) is 22.4 Å². The maximum atomic E-state index is 10.0. The largest absolute Gasteiger partial charge is 0.213 e. The van der Waals surface area contributed by atoms with Gasteiger partial charge >= 0.3 is 0 Å². The smallest absolute Gasteiger partial charge is 0.201 e. The zero-order valence-corrected chi connectivity index (χ0v) is 20.3. The minimum Gasteiger partial charge on any atom is -0.201 e. The summed E-state index contributed by atoms with van der Waals surface area (Å²) >= 11 is 0. The Morgan fingerprint density at radius 2 is 1.11 bits per heavy atom. The van der Waals surface area contributed by atoms with Crippen LogP contribution in [-0.2, 0) is 7.05 Å². The van der Waals surface area contributed by atoms with Crippen LogP contribution in [0.1, 0.15) is 59.0 Å². The molecule has 0 saturated carbocycles. The van der Waals surface area contributed by atoms with Crippen LogP contribution in [0.3, 0.4) is 0 Å². The Hall–Kier alpha value is -3.97. The van der Waals surface area contributed by atoms with Crippen molar-refractivity contribution in [2.45, 2.75) is 25.6 Å². The second-order valence-corrected chi connectivity index (χ2v) is 9.78. The highest BCUT2D eigenvalue weighted by Crippen LogP contribution is 2.56. The predicted octanol–water partition coefficient (Wildman–Crippen LogP) is 7.45. The van der Waals surface area contributed by atoms with Crippen molar-refractivity contribution in [3.05, 3.63) is 148 Å². The lowest BCUT2D eigenvalue weighted by molar-refractivity contribution is -0.660. The van der Waals surface area contributed by atoms with Crippen LogP contribution >= 0.6 is 0 Å². The third-order valence-corrected chi connectivity index (χ3v) is 7.72. The average Bonchev–Trinajstić information content (AvgIpc) is 2.92. The quantitative estimate of drug-likeness (QED) is 0.245. The molecular weight excluding hydrogens is 422 g/mol. The summed E-state index contributed by atoms with van der Waals surface area (Å²) in [5, 5.41) is 0. The minimum absolute atomic E-state index is 0.922. The van der Waals surface area contributed by atoms with E-state index in [1.54, 1.807) is 0 Å². The van der Waals surface area contributed by atoms with E-state index in [0.29, 0.717) is 0 Å². The Kier molecular flexibility index (Phi) is 3.94. The molecule has 35 heavy (non-hydrogen) atoms. The zero-order valence-electron chi connectivity index (χ0n) is 22.3. The van der Waals surface area contributed by atoms with E-state index in [9.17, 15) is 2.74 Å². The van der Waals surface area contributed by atoms with E-state index in [-0.39, 0.29) is 0 Å². The number of hydrogen-bond acceptors (Lipinski definition) is 0. The summed E-state index contributed by atoms with van der Waals surface area (Å²) in [6.07, 6.45) is 2.12. The van der Waals surface area contributed by atoms with Crippen LogP contribution < -0.4 is 4.57 Å². The molecule has 0 N–H and O–H groups in total. The fourth-order valence-corrected chi connectivity index (χ4v) is 6.01. The Balaban J connectivity index is 1.50. The standard InChI is InChI=1S/C34H28N/c1-21-10-4-5-11-24(21)32-19-23(16-17-35(32)3)29-20-31-30(18-22(29)2)33-25-12-6-8-14-27(25)34(31)28-15-9-7-13-26(28)33/h4-20,33-34H,1-3H3/q+1/i33D,34D. The minimum atomic E-state index is -1.05. The zero-order chi connectivity index (χ0) is 25.5. The monoisotopic (exact) mass is 452 g/mol. The molecule has 0 radical (unpaired) electrons. The molecule has 0 aliphatic heterocycles. The van der Waals surface area contributed by atoms with Gasteiger partial charge in [0.1, 0.15) is 7.05 Å². The predicted molar refractivity (Wildman–Crippen MR) is 143 cm³/mol. The topological polar surface area (TPSA) is 3.88 Å². The summed E-state index contributed by atoms with van der Waals surface area (Å²) < 4.78 is 22.1. The maximum Gasteiger partial charge on any atom is 0.213 e. The number of pyridine rings is 1. The third kappa shape index (κ3) is 2.91. The molecule has 3 aliphatic rings. The Labute approximate surface area is 210 Å². The number of nitrogens with zero attached hydrogens (tertiary/aromatic N) is 1. The molecule has 0 amide bonds. The van der Waals surface area contributed by atoms with Crippen molar-refractivity contribution in [1.29, 1.82) is 0 Å². The highest BCUT2D eigenvalue weighted by Gasteiger charge is 2.41. The molecule has 4 aromatic carbocycles. The highest BCUT2D eigenvalue weighted by atomic mass is 14.9. The van der Waals surface area contributed by atoms with Crippen molar-refractivity contribution in [2.24, 2.45) is 7.05 Å². The number of aromatic nitrogens is 1. The maximum absolute atomic E-state index is 10.0. The number of hydrogen-bond donors (Lipinski definition) is 0. The molecule has 3 aliphatic carbocycles. The molecule has 0 atom stereocenters. The first-order chi connectivity index (χ1) is 17.8. The molecule has 168 valence electrons. The van der Waals surface area contributed by atoms with Crippen LogP contribution in [0.25, 0.3) is 22.4 Å². The van der Waals surface area contributed by atoms with Gasteiger partial charge < -0.3 is 0 Å². The molecule has 0 unspecified atom stereocenters. The lowest BCUT2D eigenvalue weighted by Gasteiger charge is -2.42. The van der Waals surface area contributed by atoms with E-state index < -0.39 is 11.8 Å². The average molecular weight is 453 g/mol. The molecule has 0 saturated heterocycles. The van der Waals surface area contributed by atoms with E-state index in [2.05, 4.69) is 80.2 Å². The molecule has 5 aromatic rings. The van der Waals surface area contributed by atoms with E-state index in [1.807, 2.05) is 48.5 Å². The fourth-order valence-electron chi connectivity index (χ4n) is 6.01. The Morgan fingerprint density at radius 1 is 0.571 bits per heavy atom. The lowest BCUT2D eigenvalue weighted by Crippen LogP contribution is -2.30. The van der Waals surface area contributed by atoms with Gasteiger partial charge in [-0.1, -0.05) is 72.8 Å². The van der Waals surface area contributed by atoms with Gasteiger partial charge in [0.05, 0.1) is 0 Å². The van der Waals surface area contributed by atoms with Gasteiger partial charge in [0.25, 0.3) is 0 Å². The summed E-state index contributed by atoms with van der Waals surface area (Å²) in [5.74, 6) is -2.07. The van der Waals surface area contributed by atoms with E-state index in [4.69, 9.17) is 0 Å². The molecule has 1 aromatic heterocycles. The van der Waals surface area contributed by atoms with Crippen molar-refractivity contribution in [2.75, 3.05) is 0 Å². The van der Waals surface area contributed by atoms with Crippen LogP contribution in [0.2, 0.25) is 0 Å². The van der Waals surface area contributed by atoms with Gasteiger partial charge in [0.2, 0.25) is 5.69 Å². The number of aryl methyl sites for hydroxylation is 3. The first-order valence-electron chi connectivity index (χ1n) is 13.3. The van der Waals surface area contributed by atoms with Gasteiger partial charge in [-0.3, -0.25) is 0 Å². The molecule has 1 nitrogen and oxygen atoms in total. The van der Waals surface area contributed by atoms with Gasteiger partial charge in [0, 0.05) is 32.2 Å². The van der Waals surface area contributed by atoms with Crippen molar-refractivity contribution < 1.29 is 7.31 Å². The van der Waals surface area contributed by atoms with Crippen molar-refractivity contribution in [3.63, 3.8) is 0 Å². The van der Waals surface area contributed by atoms with Gasteiger partial charge in [-0.05, 0) is 81.6 Å². The van der Waals surface area contributed by atoms with E-state index in [0.717, 1.165) is 55.8 Å². The third-order valence-electron chi connectivity index (χ3n) is 7.72. The van der Waals surface area contributed by atoms with Crippen LogP contribution in [0.4, 0.5) is 0 Å². The normalized spacial score (nSPS) is 22.0. The first-order valence-corrected chi connectivity index (χ1v) is 12.3. The molecule has 1 heteroatoms. The van der Waals surface area contributed by atoms with E-state index in [1.165, 1.54) is 11.1 Å². The van der Waals surface area contributed by atoms with Crippen LogP contribution in [0.5, 0.6) is 0 Å². The van der Waals surface area contributed by atoms with Crippen molar-refractivity contribution >= 4 is 0 Å². The summed E-state index contributed by atoms with van der Waals surface area (Å²) in [4.78, 5) is 0. The second kappa shape index (κ2) is 7.52. The molecule has 8 rings (SSSR count). The molecule has 0 spiro atoms.